The van der Waals surface area contributed by atoms with Gasteiger partial charge in [0.2, 0.25) is 5.91 Å². The average molecular weight is 334 g/mol. The van der Waals surface area contributed by atoms with Crippen LogP contribution < -0.4 is 10.9 Å². The fraction of sp³-hybridized carbons (Fsp3) is 0.562. The van der Waals surface area contributed by atoms with E-state index in [1.165, 1.54) is 10.4 Å². The van der Waals surface area contributed by atoms with Crippen molar-refractivity contribution in [3.05, 3.63) is 26.6 Å². The second-order valence-electron chi connectivity index (χ2n) is 6.07. The Morgan fingerprint density at radius 3 is 3.04 bits per heavy atom. The molecule has 0 atom stereocenters. The van der Waals surface area contributed by atoms with Crippen molar-refractivity contribution in [2.75, 3.05) is 20.1 Å². The van der Waals surface area contributed by atoms with Crippen LogP contribution in [-0.2, 0) is 24.2 Å². The van der Waals surface area contributed by atoms with E-state index < -0.39 is 0 Å². The normalized spacial score (nSPS) is 13.7. The van der Waals surface area contributed by atoms with Gasteiger partial charge in [0.05, 0.1) is 18.5 Å². The van der Waals surface area contributed by atoms with E-state index in [-0.39, 0.29) is 11.5 Å². The molecule has 2 heterocycles. The molecule has 124 valence electrons. The molecule has 23 heavy (non-hydrogen) atoms. The minimum atomic E-state index is -0.0479. The number of hydrogen-bond donors (Lipinski definition) is 2. The fourth-order valence-electron chi connectivity index (χ4n) is 3.00. The Kier molecular flexibility index (Phi) is 4.77. The van der Waals surface area contributed by atoms with Crippen LogP contribution in [-0.4, -0.2) is 40.9 Å². The number of carbonyl (C=O) groups is 1. The van der Waals surface area contributed by atoms with E-state index in [0.717, 1.165) is 35.9 Å². The number of hydrogen-bond acceptors (Lipinski definition) is 5. The van der Waals surface area contributed by atoms with Gasteiger partial charge in [0.25, 0.3) is 5.56 Å². The molecule has 0 radical (unpaired) electrons. The van der Waals surface area contributed by atoms with Gasteiger partial charge < -0.3 is 10.3 Å². The lowest BCUT2D eigenvalue weighted by molar-refractivity contribution is -0.122. The van der Waals surface area contributed by atoms with Crippen LogP contribution >= 0.6 is 11.3 Å². The van der Waals surface area contributed by atoms with Crippen molar-refractivity contribution < 1.29 is 4.79 Å². The highest BCUT2D eigenvalue weighted by atomic mass is 32.1. The lowest BCUT2D eigenvalue weighted by Crippen LogP contribution is -2.35. The molecule has 0 aliphatic heterocycles. The van der Waals surface area contributed by atoms with Crippen LogP contribution in [0.4, 0.5) is 0 Å². The van der Waals surface area contributed by atoms with Gasteiger partial charge >= 0.3 is 0 Å². The first-order chi connectivity index (χ1) is 11.1. The summed E-state index contributed by atoms with van der Waals surface area (Å²) >= 11 is 1.64. The molecule has 1 aliphatic carbocycles. The molecule has 1 amide bonds. The molecule has 0 aromatic carbocycles. The number of thiophene rings is 1. The van der Waals surface area contributed by atoms with Crippen molar-refractivity contribution in [3.8, 4) is 0 Å². The Balaban J connectivity index is 1.74. The number of carbonyl (C=O) groups excluding carboxylic acids is 1. The first-order valence-corrected chi connectivity index (χ1v) is 8.88. The van der Waals surface area contributed by atoms with Crippen LogP contribution in [0.25, 0.3) is 10.2 Å². The number of rotatable bonds is 6. The number of H-pyrrole nitrogens is 1. The molecule has 0 bridgehead atoms. The summed E-state index contributed by atoms with van der Waals surface area (Å²) in [4.78, 5) is 35.6. The summed E-state index contributed by atoms with van der Waals surface area (Å²) in [6.07, 6.45) is 4.09. The van der Waals surface area contributed by atoms with E-state index in [0.29, 0.717) is 25.5 Å². The van der Waals surface area contributed by atoms with Crippen molar-refractivity contribution >= 4 is 27.5 Å². The van der Waals surface area contributed by atoms with Crippen LogP contribution in [0.3, 0.4) is 0 Å². The molecule has 2 aromatic rings. The number of nitrogens with zero attached hydrogens (tertiary/aromatic N) is 2. The fourth-order valence-corrected chi connectivity index (χ4v) is 4.28. The molecular formula is C16H22N4O2S. The molecule has 7 heteroatoms. The van der Waals surface area contributed by atoms with Crippen LogP contribution in [0.5, 0.6) is 0 Å². The molecule has 2 N–H and O–H groups in total. The largest absolute Gasteiger partial charge is 0.355 e. The second kappa shape index (κ2) is 6.80. The standard InChI is InChI=1S/C16H22N4O2S/c1-3-7-17-13(21)9-20(2)8-12-18-15(22)14-10-5-4-6-11(10)23-16(14)19-12/h3-9H2,1-2H3,(H,17,21)(H,18,19,22). The maximum absolute atomic E-state index is 12.4. The lowest BCUT2D eigenvalue weighted by atomic mass is 10.2. The van der Waals surface area contributed by atoms with Crippen molar-refractivity contribution in [2.24, 2.45) is 0 Å². The Morgan fingerprint density at radius 2 is 2.26 bits per heavy atom. The third-order valence-electron chi connectivity index (χ3n) is 4.03. The number of aryl methyl sites for hydroxylation is 2. The number of nitrogens with one attached hydrogen (secondary N) is 2. The van der Waals surface area contributed by atoms with Gasteiger partial charge in [0.15, 0.2) is 0 Å². The number of aromatic amines is 1. The Bertz CT molecular complexity index is 780. The Labute approximate surface area is 138 Å². The monoisotopic (exact) mass is 334 g/mol. The quantitative estimate of drug-likeness (QED) is 0.838. The smallest absolute Gasteiger partial charge is 0.259 e. The van der Waals surface area contributed by atoms with Gasteiger partial charge in [0.1, 0.15) is 10.7 Å². The number of fused-ring (bicyclic) bond motifs is 3. The van der Waals surface area contributed by atoms with Crippen LogP contribution in [0.15, 0.2) is 4.79 Å². The first-order valence-electron chi connectivity index (χ1n) is 8.07. The number of aromatic nitrogens is 2. The third-order valence-corrected chi connectivity index (χ3v) is 5.22. The highest BCUT2D eigenvalue weighted by Crippen LogP contribution is 2.34. The van der Waals surface area contributed by atoms with E-state index >= 15 is 0 Å². The molecule has 2 aromatic heterocycles. The van der Waals surface area contributed by atoms with Gasteiger partial charge in [-0.1, -0.05) is 6.92 Å². The average Bonchev–Trinajstić information content (AvgIpc) is 3.04. The molecule has 1 aliphatic rings. The molecule has 6 nitrogen and oxygen atoms in total. The van der Waals surface area contributed by atoms with Gasteiger partial charge in [-0.2, -0.15) is 0 Å². The highest BCUT2D eigenvalue weighted by Gasteiger charge is 2.21. The van der Waals surface area contributed by atoms with Crippen molar-refractivity contribution in [1.29, 1.82) is 0 Å². The minimum absolute atomic E-state index is 0.00660. The summed E-state index contributed by atoms with van der Waals surface area (Å²) in [5.41, 5.74) is 1.14. The van der Waals surface area contributed by atoms with E-state index in [4.69, 9.17) is 0 Å². The zero-order valence-corrected chi connectivity index (χ0v) is 14.4. The summed E-state index contributed by atoms with van der Waals surface area (Å²) in [5, 5.41) is 3.62. The SMILES string of the molecule is CCCNC(=O)CN(C)Cc1nc2sc3c(c2c(=O)[nH]1)CCC3. The molecule has 0 unspecified atom stereocenters. The van der Waals surface area contributed by atoms with E-state index in [2.05, 4.69) is 15.3 Å². The maximum Gasteiger partial charge on any atom is 0.259 e. The summed E-state index contributed by atoms with van der Waals surface area (Å²) in [6, 6.07) is 0. The van der Waals surface area contributed by atoms with E-state index in [1.807, 2.05) is 18.9 Å². The summed E-state index contributed by atoms with van der Waals surface area (Å²) in [6.45, 7) is 3.46. The molecule has 3 rings (SSSR count). The predicted octanol–water partition coefficient (Wildman–Crippen LogP) is 1.43. The molecule has 0 spiro atoms. The zero-order chi connectivity index (χ0) is 16.4. The summed E-state index contributed by atoms with van der Waals surface area (Å²) in [5.74, 6) is 0.612. The minimum Gasteiger partial charge on any atom is -0.355 e. The van der Waals surface area contributed by atoms with Crippen LogP contribution in [0.1, 0.15) is 36.0 Å². The topological polar surface area (TPSA) is 78.1 Å². The van der Waals surface area contributed by atoms with Gasteiger partial charge in [-0.25, -0.2) is 4.98 Å². The molecule has 0 fully saturated rings. The van der Waals surface area contributed by atoms with Crippen LogP contribution in [0.2, 0.25) is 0 Å². The number of likely N-dealkylation sites (N-methyl/N-ethyl adjacent to an activating group) is 1. The molecule has 0 saturated heterocycles. The van der Waals surface area contributed by atoms with Gasteiger partial charge in [0, 0.05) is 11.4 Å². The molecular weight excluding hydrogens is 312 g/mol. The maximum atomic E-state index is 12.4. The van der Waals surface area contributed by atoms with E-state index in [1.54, 1.807) is 11.3 Å². The highest BCUT2D eigenvalue weighted by molar-refractivity contribution is 7.18. The van der Waals surface area contributed by atoms with Gasteiger partial charge in [-0.05, 0) is 38.3 Å². The number of amides is 1. The zero-order valence-electron chi connectivity index (χ0n) is 13.6. The lowest BCUT2D eigenvalue weighted by Gasteiger charge is -2.15. The summed E-state index contributed by atoms with van der Waals surface area (Å²) in [7, 11) is 1.85. The van der Waals surface area contributed by atoms with Crippen LogP contribution in [0, 0.1) is 0 Å². The summed E-state index contributed by atoms with van der Waals surface area (Å²) < 4.78 is 0. The first kappa shape index (κ1) is 16.1. The predicted molar refractivity (Wildman–Crippen MR) is 91.9 cm³/mol. The second-order valence-corrected chi connectivity index (χ2v) is 7.16. The van der Waals surface area contributed by atoms with Gasteiger partial charge in [-0.3, -0.25) is 14.5 Å². The molecule has 0 saturated carbocycles. The van der Waals surface area contributed by atoms with E-state index in [9.17, 15) is 9.59 Å². The van der Waals surface area contributed by atoms with Gasteiger partial charge in [-0.15, -0.1) is 11.3 Å². The van der Waals surface area contributed by atoms with Crippen molar-refractivity contribution in [1.82, 2.24) is 20.2 Å². The van der Waals surface area contributed by atoms with Crippen molar-refractivity contribution in [2.45, 2.75) is 39.2 Å². The Morgan fingerprint density at radius 1 is 1.43 bits per heavy atom. The van der Waals surface area contributed by atoms with Crippen molar-refractivity contribution in [3.63, 3.8) is 0 Å². The Hall–Kier alpha value is -1.73. The third kappa shape index (κ3) is 3.45.